The van der Waals surface area contributed by atoms with Crippen LogP contribution in [0.3, 0.4) is 0 Å². The Morgan fingerprint density at radius 3 is 2.34 bits per heavy atom. The molecule has 0 radical (unpaired) electrons. The quantitative estimate of drug-likeness (QED) is 0.130. The van der Waals surface area contributed by atoms with Gasteiger partial charge in [0.05, 0.1) is 29.5 Å². The van der Waals surface area contributed by atoms with Crippen molar-refractivity contribution in [1.29, 1.82) is 0 Å². The van der Waals surface area contributed by atoms with Crippen molar-refractivity contribution in [2.75, 3.05) is 13.2 Å². The second-order valence-electron chi connectivity index (χ2n) is 9.86. The Morgan fingerprint density at radius 2 is 1.63 bits per heavy atom. The van der Waals surface area contributed by atoms with E-state index in [1.165, 1.54) is 18.2 Å². The van der Waals surface area contributed by atoms with Crippen LogP contribution < -0.4 is 14.9 Å². The van der Waals surface area contributed by atoms with Gasteiger partial charge in [0.1, 0.15) is 28.4 Å². The van der Waals surface area contributed by atoms with Crippen LogP contribution in [0, 0.1) is 0 Å². The lowest BCUT2D eigenvalue weighted by Crippen LogP contribution is -2.09. The van der Waals surface area contributed by atoms with E-state index >= 15 is 0 Å². The van der Waals surface area contributed by atoms with E-state index in [0.29, 0.717) is 54.1 Å². The molecule has 2 N–H and O–H groups in total. The summed E-state index contributed by atoms with van der Waals surface area (Å²) in [5.41, 5.74) is 4.11. The molecule has 0 aliphatic heterocycles. The number of fused-ring (bicyclic) bond motifs is 2. The average Bonchev–Trinajstić information content (AvgIpc) is 2.98. The topological polar surface area (TPSA) is 106 Å². The van der Waals surface area contributed by atoms with Gasteiger partial charge in [-0.2, -0.15) is 0 Å². The first-order valence-electron chi connectivity index (χ1n) is 13.8. The molecule has 0 aliphatic rings. The largest absolute Gasteiger partial charge is 0.507 e. The molecule has 0 aliphatic carbocycles. The van der Waals surface area contributed by atoms with Gasteiger partial charge >= 0.3 is 5.97 Å². The highest BCUT2D eigenvalue weighted by atomic mass is 16.5. The van der Waals surface area contributed by atoms with E-state index in [4.69, 9.17) is 13.9 Å². The van der Waals surface area contributed by atoms with Gasteiger partial charge in [-0.1, -0.05) is 50.6 Å². The molecule has 0 saturated carbocycles. The SMILES string of the molecule is CCCc1c(OCCCOc2cc(O)c(-c3ccccc3)cc2CC)ccc2c(=O)c3cc(C(=O)O)ccc3oc12. The van der Waals surface area contributed by atoms with Crippen molar-refractivity contribution in [3.63, 3.8) is 0 Å². The molecule has 0 saturated heterocycles. The molecule has 210 valence electrons. The second-order valence-corrected chi connectivity index (χ2v) is 9.86. The fourth-order valence-electron chi connectivity index (χ4n) is 5.01. The maximum Gasteiger partial charge on any atom is 0.335 e. The summed E-state index contributed by atoms with van der Waals surface area (Å²) in [5.74, 6) is 0.371. The lowest BCUT2D eigenvalue weighted by Gasteiger charge is -2.15. The normalized spacial score (nSPS) is 11.2. The fourth-order valence-corrected chi connectivity index (χ4v) is 5.01. The van der Waals surface area contributed by atoms with Crippen LogP contribution in [0.2, 0.25) is 0 Å². The van der Waals surface area contributed by atoms with Gasteiger partial charge in [0.2, 0.25) is 5.43 Å². The van der Waals surface area contributed by atoms with Crippen molar-refractivity contribution in [3.8, 4) is 28.4 Å². The number of phenolic OH excluding ortho intramolecular Hbond substituents is 1. The summed E-state index contributed by atoms with van der Waals surface area (Å²) in [7, 11) is 0. The highest BCUT2D eigenvalue weighted by Gasteiger charge is 2.17. The van der Waals surface area contributed by atoms with Crippen LogP contribution in [0.5, 0.6) is 17.2 Å². The van der Waals surface area contributed by atoms with Crippen molar-refractivity contribution in [2.45, 2.75) is 39.5 Å². The number of aromatic carboxylic acids is 1. The number of aromatic hydroxyl groups is 1. The zero-order valence-corrected chi connectivity index (χ0v) is 23.1. The molecule has 7 nitrogen and oxygen atoms in total. The first-order chi connectivity index (χ1) is 19.9. The third-order valence-electron chi connectivity index (χ3n) is 7.09. The first-order valence-corrected chi connectivity index (χ1v) is 13.8. The molecule has 1 heterocycles. The number of ether oxygens (including phenoxy) is 2. The third kappa shape index (κ3) is 5.75. The Balaban J connectivity index is 1.31. The van der Waals surface area contributed by atoms with Crippen molar-refractivity contribution in [1.82, 2.24) is 0 Å². The van der Waals surface area contributed by atoms with Crippen LogP contribution in [-0.4, -0.2) is 29.4 Å². The van der Waals surface area contributed by atoms with E-state index in [9.17, 15) is 19.8 Å². The van der Waals surface area contributed by atoms with Gasteiger partial charge in [-0.25, -0.2) is 4.79 Å². The number of benzene rings is 4. The summed E-state index contributed by atoms with van der Waals surface area (Å²) in [6, 6.07) is 21.2. The summed E-state index contributed by atoms with van der Waals surface area (Å²) in [6.07, 6.45) is 2.84. The number of hydrogen-bond acceptors (Lipinski definition) is 6. The molecule has 7 heteroatoms. The fraction of sp³-hybridized carbons (Fsp3) is 0.235. The van der Waals surface area contributed by atoms with E-state index < -0.39 is 5.97 Å². The van der Waals surface area contributed by atoms with Crippen LogP contribution in [0.4, 0.5) is 0 Å². The Kier molecular flexibility index (Phi) is 8.24. The summed E-state index contributed by atoms with van der Waals surface area (Å²) in [6.45, 7) is 4.88. The second kappa shape index (κ2) is 12.2. The minimum Gasteiger partial charge on any atom is -0.507 e. The van der Waals surface area contributed by atoms with Crippen LogP contribution >= 0.6 is 0 Å². The number of rotatable bonds is 11. The van der Waals surface area contributed by atoms with E-state index in [0.717, 1.165) is 35.1 Å². The van der Waals surface area contributed by atoms with Crippen LogP contribution in [0.1, 0.15) is 48.2 Å². The molecule has 0 unspecified atom stereocenters. The standard InChI is InChI=1S/C34H32O7/c1-3-9-24-29(15-13-25-32(36)27-19-23(34(37)38)12-14-30(27)41-33(24)25)39-16-8-17-40-31-20-28(35)26(18-21(31)4-2)22-10-6-5-7-11-22/h5-7,10-15,18-20,35H,3-4,8-9,16-17H2,1-2H3,(H,37,38). The summed E-state index contributed by atoms with van der Waals surface area (Å²) >= 11 is 0. The van der Waals surface area contributed by atoms with Crippen LogP contribution in [0.25, 0.3) is 33.1 Å². The third-order valence-corrected chi connectivity index (χ3v) is 7.09. The van der Waals surface area contributed by atoms with E-state index in [-0.39, 0.29) is 22.1 Å². The first kappa shape index (κ1) is 27.8. The van der Waals surface area contributed by atoms with E-state index in [1.807, 2.05) is 43.3 Å². The zero-order valence-electron chi connectivity index (χ0n) is 23.1. The maximum absolute atomic E-state index is 13.2. The Bertz CT molecular complexity index is 1770. The molecule has 0 bridgehead atoms. The molecule has 41 heavy (non-hydrogen) atoms. The molecule has 5 aromatic rings. The Morgan fingerprint density at radius 1 is 0.878 bits per heavy atom. The molecule has 5 rings (SSSR count). The van der Waals surface area contributed by atoms with Gasteiger partial charge in [0.15, 0.2) is 0 Å². The van der Waals surface area contributed by atoms with Gasteiger partial charge in [-0.3, -0.25) is 4.79 Å². The minimum atomic E-state index is -1.10. The Hall–Kier alpha value is -4.78. The van der Waals surface area contributed by atoms with Gasteiger partial charge in [0.25, 0.3) is 0 Å². The molecule has 0 fully saturated rings. The molecule has 0 spiro atoms. The molecule has 0 atom stereocenters. The van der Waals surface area contributed by atoms with Gasteiger partial charge < -0.3 is 24.1 Å². The number of carboxylic acids is 1. The lowest BCUT2D eigenvalue weighted by molar-refractivity contribution is 0.0697. The summed E-state index contributed by atoms with van der Waals surface area (Å²) in [5, 5.41) is 20.6. The maximum atomic E-state index is 13.2. The highest BCUT2D eigenvalue weighted by Crippen LogP contribution is 2.36. The van der Waals surface area contributed by atoms with Crippen molar-refractivity contribution in [3.05, 3.63) is 99.7 Å². The number of aryl methyl sites for hydroxylation is 2. The summed E-state index contributed by atoms with van der Waals surface area (Å²) < 4.78 is 18.3. The van der Waals surface area contributed by atoms with Crippen LogP contribution in [-0.2, 0) is 12.8 Å². The smallest absolute Gasteiger partial charge is 0.335 e. The van der Waals surface area contributed by atoms with Crippen molar-refractivity contribution in [2.24, 2.45) is 0 Å². The minimum absolute atomic E-state index is 0.0357. The molecule has 0 amide bonds. The zero-order chi connectivity index (χ0) is 28.9. The predicted octanol–water partition coefficient (Wildman–Crippen LogP) is 7.38. The molecule has 4 aromatic carbocycles. The van der Waals surface area contributed by atoms with Gasteiger partial charge in [-0.05, 0) is 60.4 Å². The number of carbonyl (C=O) groups is 1. The molecular formula is C34H32O7. The number of phenols is 1. The predicted molar refractivity (Wildman–Crippen MR) is 159 cm³/mol. The average molecular weight is 553 g/mol. The lowest BCUT2D eigenvalue weighted by atomic mass is 10.00. The Labute approximate surface area is 237 Å². The number of carboxylic acid groups (broad SMARTS) is 1. The number of hydrogen-bond donors (Lipinski definition) is 2. The van der Waals surface area contributed by atoms with E-state index in [2.05, 4.69) is 6.92 Å². The van der Waals surface area contributed by atoms with Gasteiger partial charge in [0, 0.05) is 23.6 Å². The van der Waals surface area contributed by atoms with Crippen molar-refractivity contribution < 1.29 is 28.9 Å². The van der Waals surface area contributed by atoms with Gasteiger partial charge in [-0.15, -0.1) is 0 Å². The van der Waals surface area contributed by atoms with Crippen molar-refractivity contribution >= 4 is 27.9 Å². The van der Waals surface area contributed by atoms with E-state index in [1.54, 1.807) is 18.2 Å². The van der Waals surface area contributed by atoms with Crippen LogP contribution in [0.15, 0.2) is 82.0 Å². The monoisotopic (exact) mass is 552 g/mol. The molecule has 1 aromatic heterocycles. The highest BCUT2D eigenvalue weighted by molar-refractivity contribution is 5.97. The molecular weight excluding hydrogens is 520 g/mol. The summed E-state index contributed by atoms with van der Waals surface area (Å²) in [4.78, 5) is 24.6.